The molecule has 0 radical (unpaired) electrons. The smallest absolute Gasteiger partial charge is 0.119 e. The van der Waals surface area contributed by atoms with E-state index in [4.69, 9.17) is 4.74 Å². The number of ether oxygens (including phenoxy) is 1. The van der Waals surface area contributed by atoms with Crippen LogP contribution in [0.3, 0.4) is 0 Å². The normalized spacial score (nSPS) is 27.3. The van der Waals surface area contributed by atoms with E-state index in [-0.39, 0.29) is 0 Å². The Morgan fingerprint density at radius 3 is 2.11 bits per heavy atom. The van der Waals surface area contributed by atoms with Crippen LogP contribution in [0.4, 0.5) is 0 Å². The van der Waals surface area contributed by atoms with E-state index in [2.05, 4.69) is 50.3 Å². The van der Waals surface area contributed by atoms with Gasteiger partial charge in [0.1, 0.15) is 12.4 Å². The summed E-state index contributed by atoms with van der Waals surface area (Å²) in [6, 6.07) is 9.08. The molecular weight excluding hydrogens is 328 g/mol. The molecule has 4 rings (SSSR count). The van der Waals surface area contributed by atoms with Crippen molar-refractivity contribution in [3.05, 3.63) is 42.0 Å². The van der Waals surface area contributed by atoms with Crippen molar-refractivity contribution in [2.24, 2.45) is 5.41 Å². The molecule has 0 amide bonds. The van der Waals surface area contributed by atoms with Gasteiger partial charge in [0, 0.05) is 0 Å². The highest BCUT2D eigenvalue weighted by molar-refractivity contribution is 5.34. The van der Waals surface area contributed by atoms with Crippen LogP contribution in [0.1, 0.15) is 103 Å². The first-order chi connectivity index (χ1) is 13.2. The lowest BCUT2D eigenvalue weighted by molar-refractivity contribution is 0.0304. The molecule has 3 saturated carbocycles. The molecule has 3 aliphatic carbocycles. The summed E-state index contributed by atoms with van der Waals surface area (Å²) in [7, 11) is 0. The number of benzene rings is 1. The van der Waals surface area contributed by atoms with Crippen LogP contribution in [0.5, 0.6) is 5.75 Å². The van der Waals surface area contributed by atoms with Gasteiger partial charge in [-0.1, -0.05) is 70.2 Å². The Hall–Kier alpha value is -1.24. The second-order valence-electron chi connectivity index (χ2n) is 9.16. The van der Waals surface area contributed by atoms with Crippen molar-refractivity contribution >= 4 is 0 Å². The van der Waals surface area contributed by atoms with Crippen LogP contribution in [0.15, 0.2) is 36.4 Å². The molecule has 3 aliphatic rings. The standard InChI is InChI=1S/C26H40O/c1-3-5-7-8-9-15-25-16-19-26(20-17-25,21-18-25)23-11-13-24(14-12-23)27-22-10-6-4-2/h6,10-14H,3-5,7-9,15-22H2,1-2H3/b10-6+. The predicted octanol–water partition coefficient (Wildman–Crippen LogP) is 7.98. The molecule has 0 aromatic heterocycles. The zero-order valence-corrected chi connectivity index (χ0v) is 17.8. The van der Waals surface area contributed by atoms with E-state index < -0.39 is 0 Å². The largest absolute Gasteiger partial charge is 0.490 e. The molecule has 27 heavy (non-hydrogen) atoms. The average Bonchev–Trinajstić information content (AvgIpc) is 2.73. The molecular formula is C26H40O. The van der Waals surface area contributed by atoms with Gasteiger partial charge < -0.3 is 4.74 Å². The maximum Gasteiger partial charge on any atom is 0.119 e. The monoisotopic (exact) mass is 368 g/mol. The van der Waals surface area contributed by atoms with Gasteiger partial charge in [0.25, 0.3) is 0 Å². The van der Waals surface area contributed by atoms with Gasteiger partial charge in [-0.25, -0.2) is 0 Å². The minimum Gasteiger partial charge on any atom is -0.490 e. The highest BCUT2D eigenvalue weighted by Gasteiger charge is 2.48. The van der Waals surface area contributed by atoms with Crippen molar-refractivity contribution in [3.8, 4) is 5.75 Å². The van der Waals surface area contributed by atoms with E-state index in [0.717, 1.165) is 12.2 Å². The van der Waals surface area contributed by atoms with Crippen molar-refractivity contribution in [2.45, 2.75) is 103 Å². The first-order valence-corrected chi connectivity index (χ1v) is 11.6. The molecule has 0 heterocycles. The van der Waals surface area contributed by atoms with E-state index in [1.54, 1.807) is 5.56 Å². The Bertz CT molecular complexity index is 558. The van der Waals surface area contributed by atoms with Gasteiger partial charge in [-0.05, 0) is 79.9 Å². The zero-order chi connectivity index (χ0) is 19.0. The topological polar surface area (TPSA) is 9.23 Å². The number of allylic oxidation sites excluding steroid dienone is 1. The molecule has 1 heteroatoms. The minimum absolute atomic E-state index is 0.463. The Morgan fingerprint density at radius 1 is 0.815 bits per heavy atom. The fourth-order valence-corrected chi connectivity index (χ4v) is 5.46. The van der Waals surface area contributed by atoms with Gasteiger partial charge in [0.15, 0.2) is 0 Å². The minimum atomic E-state index is 0.463. The van der Waals surface area contributed by atoms with Crippen LogP contribution >= 0.6 is 0 Å². The Kier molecular flexibility index (Phi) is 7.44. The molecule has 0 saturated heterocycles. The van der Waals surface area contributed by atoms with E-state index in [0.29, 0.717) is 17.4 Å². The predicted molar refractivity (Wildman–Crippen MR) is 117 cm³/mol. The van der Waals surface area contributed by atoms with Crippen LogP contribution in [-0.4, -0.2) is 6.61 Å². The van der Waals surface area contributed by atoms with Crippen LogP contribution in [0, 0.1) is 5.41 Å². The van der Waals surface area contributed by atoms with E-state index in [1.165, 1.54) is 77.0 Å². The third-order valence-corrected chi connectivity index (χ3v) is 7.43. The summed E-state index contributed by atoms with van der Waals surface area (Å²) in [5.74, 6) is 1.00. The second-order valence-corrected chi connectivity index (χ2v) is 9.16. The van der Waals surface area contributed by atoms with Gasteiger partial charge in [-0.2, -0.15) is 0 Å². The number of unbranched alkanes of at least 4 members (excludes halogenated alkanes) is 4. The highest BCUT2D eigenvalue weighted by atomic mass is 16.5. The Labute approximate surface area is 167 Å². The van der Waals surface area contributed by atoms with E-state index in [9.17, 15) is 0 Å². The summed E-state index contributed by atoms with van der Waals surface area (Å²) >= 11 is 0. The maximum absolute atomic E-state index is 5.83. The fraction of sp³-hybridized carbons (Fsp3) is 0.692. The summed E-state index contributed by atoms with van der Waals surface area (Å²) in [5.41, 5.74) is 2.72. The molecule has 0 atom stereocenters. The lowest BCUT2D eigenvalue weighted by atomic mass is 9.51. The molecule has 0 unspecified atom stereocenters. The maximum atomic E-state index is 5.83. The Balaban J connectivity index is 1.50. The number of hydrogen-bond acceptors (Lipinski definition) is 1. The summed E-state index contributed by atoms with van der Waals surface area (Å²) in [5, 5.41) is 0. The van der Waals surface area contributed by atoms with Gasteiger partial charge in [0.05, 0.1) is 0 Å². The molecule has 1 nitrogen and oxygen atoms in total. The van der Waals surface area contributed by atoms with Crippen LogP contribution < -0.4 is 4.74 Å². The molecule has 0 N–H and O–H groups in total. The van der Waals surface area contributed by atoms with Crippen molar-refractivity contribution in [2.75, 3.05) is 6.61 Å². The fourth-order valence-electron chi connectivity index (χ4n) is 5.46. The third-order valence-electron chi connectivity index (χ3n) is 7.43. The third kappa shape index (κ3) is 5.18. The van der Waals surface area contributed by atoms with E-state index >= 15 is 0 Å². The SMILES string of the molecule is CC/C=C/COc1ccc(C23CCC(CCCCCCC)(CC2)CC3)cc1. The molecule has 1 aromatic rings. The van der Waals surface area contributed by atoms with Crippen LogP contribution in [0.2, 0.25) is 0 Å². The van der Waals surface area contributed by atoms with Gasteiger partial charge in [-0.3, -0.25) is 0 Å². The van der Waals surface area contributed by atoms with Gasteiger partial charge in [-0.15, -0.1) is 0 Å². The van der Waals surface area contributed by atoms with Crippen LogP contribution in [0.25, 0.3) is 0 Å². The zero-order valence-electron chi connectivity index (χ0n) is 17.8. The van der Waals surface area contributed by atoms with Crippen molar-refractivity contribution in [1.29, 1.82) is 0 Å². The van der Waals surface area contributed by atoms with Crippen LogP contribution in [-0.2, 0) is 5.41 Å². The quantitative estimate of drug-likeness (QED) is 0.284. The summed E-state index contributed by atoms with van der Waals surface area (Å²) < 4.78 is 5.83. The second kappa shape index (κ2) is 9.80. The first-order valence-electron chi connectivity index (χ1n) is 11.6. The lowest BCUT2D eigenvalue weighted by Crippen LogP contribution is -2.44. The number of hydrogen-bond donors (Lipinski definition) is 0. The lowest BCUT2D eigenvalue weighted by Gasteiger charge is -2.54. The van der Waals surface area contributed by atoms with E-state index in [1.807, 2.05) is 0 Å². The number of rotatable bonds is 11. The molecule has 0 aliphatic heterocycles. The molecule has 3 fully saturated rings. The van der Waals surface area contributed by atoms with Crippen molar-refractivity contribution < 1.29 is 4.74 Å². The van der Waals surface area contributed by atoms with Gasteiger partial charge >= 0.3 is 0 Å². The number of fused-ring (bicyclic) bond motifs is 3. The molecule has 0 spiro atoms. The van der Waals surface area contributed by atoms with Crippen molar-refractivity contribution in [1.82, 2.24) is 0 Å². The molecule has 2 bridgehead atoms. The summed E-state index contributed by atoms with van der Waals surface area (Å²) in [4.78, 5) is 0. The van der Waals surface area contributed by atoms with Crippen molar-refractivity contribution in [3.63, 3.8) is 0 Å². The first kappa shape index (κ1) is 20.5. The molecule has 150 valence electrons. The summed E-state index contributed by atoms with van der Waals surface area (Å²) in [6.07, 6.45) is 22.6. The highest BCUT2D eigenvalue weighted by Crippen LogP contribution is 2.59. The van der Waals surface area contributed by atoms with Gasteiger partial charge in [0.2, 0.25) is 0 Å². The Morgan fingerprint density at radius 2 is 1.48 bits per heavy atom. The summed E-state index contributed by atoms with van der Waals surface area (Å²) in [6.45, 7) is 5.14. The molecule has 1 aromatic carbocycles. The average molecular weight is 369 g/mol.